The van der Waals surface area contributed by atoms with Gasteiger partial charge in [0.25, 0.3) is 0 Å². The van der Waals surface area contributed by atoms with E-state index in [0.29, 0.717) is 41.9 Å². The first-order valence-electron chi connectivity index (χ1n) is 11.7. The van der Waals surface area contributed by atoms with Crippen LogP contribution in [0.25, 0.3) is 0 Å². The first-order chi connectivity index (χ1) is 13.2. The van der Waals surface area contributed by atoms with Gasteiger partial charge < -0.3 is 20.1 Å². The Kier molecular flexibility index (Phi) is 7.24. The van der Waals surface area contributed by atoms with E-state index in [1.807, 2.05) is 0 Å². The second-order valence-electron chi connectivity index (χ2n) is 11.3. The second kappa shape index (κ2) is 8.73. The monoisotopic (exact) mass is 414 g/mol. The van der Waals surface area contributed by atoms with Gasteiger partial charge in [0.15, 0.2) is 0 Å². The molecule has 2 N–H and O–H groups in total. The Morgan fingerprint density at radius 3 is 2.48 bits per heavy atom. The largest absolute Gasteiger partial charge is 1.00 e. The standard InChI is InChI=1S/C24H40O4.Na/c1-14(4-9-22(27)28)18-7-8-19-17-6-5-15-12-16(25)10-11-23(15,2)20(17)13-21(26)24(18,19)3;/h14-21,25-26H,4-13H2,1-3H3,(H,27,28);/q;+1/p-1/t14-,15-,16-,17+,18-,19?,20?,21+,23+,24-;/m1./s1. The molecule has 0 aliphatic heterocycles. The number of fused-ring (bicyclic) bond motifs is 5. The molecule has 5 heteroatoms. The Bertz CT molecular complexity index is 612. The first kappa shape index (κ1) is 24.0. The number of carbonyl (C=O) groups excluding carboxylic acids is 1. The quantitative estimate of drug-likeness (QED) is 0.642. The average molecular weight is 415 g/mol. The number of carboxylic acids is 1. The number of aliphatic carboxylic acids is 1. The summed E-state index contributed by atoms with van der Waals surface area (Å²) in [5, 5.41) is 32.6. The number of rotatable bonds is 4. The van der Waals surface area contributed by atoms with Crippen LogP contribution >= 0.6 is 0 Å². The number of carboxylic acid groups (broad SMARTS) is 1. The van der Waals surface area contributed by atoms with Crippen LogP contribution < -0.4 is 34.7 Å². The second-order valence-corrected chi connectivity index (χ2v) is 11.3. The Labute approximate surface area is 198 Å². The van der Waals surface area contributed by atoms with Crippen molar-refractivity contribution in [1.29, 1.82) is 0 Å². The number of carbonyl (C=O) groups is 1. The third kappa shape index (κ3) is 3.88. The van der Waals surface area contributed by atoms with Crippen molar-refractivity contribution in [2.75, 3.05) is 0 Å². The number of hydrogen-bond acceptors (Lipinski definition) is 4. The molecule has 0 heterocycles. The summed E-state index contributed by atoms with van der Waals surface area (Å²) < 4.78 is 0. The van der Waals surface area contributed by atoms with E-state index < -0.39 is 5.97 Å². The van der Waals surface area contributed by atoms with Crippen molar-refractivity contribution in [2.24, 2.45) is 46.3 Å². The van der Waals surface area contributed by atoms with Crippen LogP contribution in [0.15, 0.2) is 0 Å². The smallest absolute Gasteiger partial charge is 0.550 e. The van der Waals surface area contributed by atoms with Crippen LogP contribution in [0.3, 0.4) is 0 Å². The van der Waals surface area contributed by atoms with Crippen LogP contribution in [0, 0.1) is 46.3 Å². The van der Waals surface area contributed by atoms with Crippen molar-refractivity contribution in [3.05, 3.63) is 0 Å². The maximum Gasteiger partial charge on any atom is 1.00 e. The summed E-state index contributed by atoms with van der Waals surface area (Å²) in [7, 11) is 0. The molecule has 10 atom stereocenters. The van der Waals surface area contributed by atoms with E-state index >= 15 is 0 Å². The summed E-state index contributed by atoms with van der Waals surface area (Å²) >= 11 is 0. The van der Waals surface area contributed by atoms with Gasteiger partial charge in [0.05, 0.1) is 12.2 Å². The van der Waals surface area contributed by atoms with Gasteiger partial charge >= 0.3 is 29.6 Å². The summed E-state index contributed by atoms with van der Waals surface area (Å²) in [6.45, 7) is 6.94. The van der Waals surface area contributed by atoms with E-state index in [9.17, 15) is 20.1 Å². The Balaban J connectivity index is 0.00000240. The molecule has 4 fully saturated rings. The molecule has 0 spiro atoms. The van der Waals surface area contributed by atoms with E-state index in [1.165, 1.54) is 19.3 Å². The minimum Gasteiger partial charge on any atom is -0.550 e. The fourth-order valence-corrected chi connectivity index (χ4v) is 8.71. The van der Waals surface area contributed by atoms with Gasteiger partial charge in [0, 0.05) is 5.97 Å². The van der Waals surface area contributed by atoms with E-state index in [1.54, 1.807) is 0 Å². The Morgan fingerprint density at radius 1 is 1.07 bits per heavy atom. The van der Waals surface area contributed by atoms with Crippen LogP contribution in [0.1, 0.15) is 85.0 Å². The predicted molar refractivity (Wildman–Crippen MR) is 106 cm³/mol. The Hall–Kier alpha value is 0.390. The fourth-order valence-electron chi connectivity index (χ4n) is 8.71. The molecule has 0 aromatic rings. The van der Waals surface area contributed by atoms with Gasteiger partial charge in [-0.25, -0.2) is 0 Å². The van der Waals surface area contributed by atoms with Crippen LogP contribution in [0.4, 0.5) is 0 Å². The van der Waals surface area contributed by atoms with Gasteiger partial charge in [-0.1, -0.05) is 20.8 Å². The molecule has 4 rings (SSSR count). The maximum atomic E-state index is 11.5. The molecule has 0 aromatic heterocycles. The number of aliphatic hydroxyl groups excluding tert-OH is 2. The summed E-state index contributed by atoms with van der Waals surface area (Å²) in [6.07, 6.45) is 8.98. The van der Waals surface area contributed by atoms with Gasteiger partial charge in [-0.05, 0) is 111 Å². The van der Waals surface area contributed by atoms with Crippen molar-refractivity contribution >= 4 is 5.97 Å². The van der Waals surface area contributed by atoms with E-state index in [-0.39, 0.29) is 59.0 Å². The SMILES string of the molecule is C[C@H](CCC(=O)[O-])[C@H]1CCC2[C@@H]3CC[C@@H]4C[C@H](O)CC[C@]4(C)C3C[C@H](O)[C@@]21C.[Na+]. The Morgan fingerprint density at radius 2 is 1.79 bits per heavy atom. The number of hydrogen-bond donors (Lipinski definition) is 2. The molecule has 0 bridgehead atoms. The molecule has 4 nitrogen and oxygen atoms in total. The molecule has 4 aliphatic rings. The van der Waals surface area contributed by atoms with Gasteiger partial charge in [-0.2, -0.15) is 0 Å². The van der Waals surface area contributed by atoms with Gasteiger partial charge in [-0.3, -0.25) is 0 Å². The van der Waals surface area contributed by atoms with Crippen LogP contribution in [-0.2, 0) is 4.79 Å². The molecule has 0 aromatic carbocycles. The maximum absolute atomic E-state index is 11.5. The normalized spacial score (nSPS) is 49.9. The topological polar surface area (TPSA) is 80.6 Å². The first-order valence-corrected chi connectivity index (χ1v) is 11.7. The van der Waals surface area contributed by atoms with Crippen LogP contribution in [0.5, 0.6) is 0 Å². The van der Waals surface area contributed by atoms with Crippen molar-refractivity contribution in [1.82, 2.24) is 0 Å². The van der Waals surface area contributed by atoms with Crippen molar-refractivity contribution in [2.45, 2.75) is 97.2 Å². The van der Waals surface area contributed by atoms with Crippen molar-refractivity contribution in [3.8, 4) is 0 Å². The molecule has 29 heavy (non-hydrogen) atoms. The van der Waals surface area contributed by atoms with E-state index in [2.05, 4.69) is 20.8 Å². The van der Waals surface area contributed by atoms with Crippen LogP contribution in [0.2, 0.25) is 0 Å². The zero-order valence-electron chi connectivity index (χ0n) is 18.9. The molecule has 0 radical (unpaired) electrons. The molecule has 2 unspecified atom stereocenters. The predicted octanol–water partition coefficient (Wildman–Crippen LogP) is 0.147. The molecule has 4 saturated carbocycles. The molecular weight excluding hydrogens is 375 g/mol. The molecule has 0 saturated heterocycles. The summed E-state index contributed by atoms with van der Waals surface area (Å²) in [5.74, 6) is 2.19. The fraction of sp³-hybridized carbons (Fsp3) is 0.958. The third-order valence-electron chi connectivity index (χ3n) is 10.3. The summed E-state index contributed by atoms with van der Waals surface area (Å²) in [5.41, 5.74) is 0.188. The molecule has 0 amide bonds. The average Bonchev–Trinajstić information content (AvgIpc) is 3.00. The van der Waals surface area contributed by atoms with Crippen molar-refractivity contribution in [3.63, 3.8) is 0 Å². The third-order valence-corrected chi connectivity index (χ3v) is 10.3. The zero-order chi connectivity index (χ0) is 20.3. The minimum absolute atomic E-state index is 0. The van der Waals surface area contributed by atoms with Crippen molar-refractivity contribution < 1.29 is 49.7 Å². The van der Waals surface area contributed by atoms with Gasteiger partial charge in [0.2, 0.25) is 0 Å². The van der Waals surface area contributed by atoms with Crippen LogP contribution in [-0.4, -0.2) is 28.4 Å². The van der Waals surface area contributed by atoms with Gasteiger partial charge in [-0.15, -0.1) is 0 Å². The number of aliphatic hydroxyl groups is 2. The molecule has 160 valence electrons. The summed E-state index contributed by atoms with van der Waals surface area (Å²) in [4.78, 5) is 10.9. The zero-order valence-corrected chi connectivity index (χ0v) is 20.9. The van der Waals surface area contributed by atoms with Gasteiger partial charge in [0.1, 0.15) is 0 Å². The summed E-state index contributed by atoms with van der Waals surface area (Å²) in [6, 6.07) is 0. The minimum atomic E-state index is -0.957. The molecule has 4 aliphatic carbocycles. The van der Waals surface area contributed by atoms with E-state index in [0.717, 1.165) is 32.1 Å². The molecular formula is C24H39NaO4. The van der Waals surface area contributed by atoms with E-state index in [4.69, 9.17) is 0 Å².